The van der Waals surface area contributed by atoms with E-state index in [0.717, 1.165) is 34.5 Å². The van der Waals surface area contributed by atoms with Gasteiger partial charge in [0.25, 0.3) is 0 Å². The molecule has 1 saturated heterocycles. The summed E-state index contributed by atoms with van der Waals surface area (Å²) in [6.07, 6.45) is 3.99. The van der Waals surface area contributed by atoms with Crippen molar-refractivity contribution in [3.63, 3.8) is 0 Å². The van der Waals surface area contributed by atoms with Gasteiger partial charge < -0.3 is 14.4 Å². The molecule has 30 heavy (non-hydrogen) atoms. The number of hydrogen-bond acceptors (Lipinski definition) is 6. The van der Waals surface area contributed by atoms with Crippen LogP contribution in [-0.2, 0) is 0 Å². The van der Waals surface area contributed by atoms with E-state index >= 15 is 0 Å². The van der Waals surface area contributed by atoms with Crippen LogP contribution in [0.15, 0.2) is 53.7 Å². The van der Waals surface area contributed by atoms with Crippen LogP contribution in [0.25, 0.3) is 17.1 Å². The molecule has 0 amide bonds. The van der Waals surface area contributed by atoms with Gasteiger partial charge in [-0.2, -0.15) is 0 Å². The van der Waals surface area contributed by atoms with E-state index in [1.54, 1.807) is 26.0 Å². The number of nitrogens with zero attached hydrogens (tertiary/aromatic N) is 4. The van der Waals surface area contributed by atoms with Gasteiger partial charge in [-0.1, -0.05) is 36.4 Å². The van der Waals surface area contributed by atoms with Gasteiger partial charge in [0.15, 0.2) is 22.5 Å². The summed E-state index contributed by atoms with van der Waals surface area (Å²) in [5, 5.41) is 9.98. The summed E-state index contributed by atoms with van der Waals surface area (Å²) in [5.41, 5.74) is 1.99. The van der Waals surface area contributed by atoms with Gasteiger partial charge in [-0.05, 0) is 56.3 Å². The lowest BCUT2D eigenvalue weighted by atomic mass is 10.1. The Morgan fingerprint density at radius 2 is 1.67 bits per heavy atom. The normalized spacial score (nSPS) is 14.6. The third-order valence-electron chi connectivity index (χ3n) is 5.38. The smallest absolute Gasteiger partial charge is 0.196 e. The van der Waals surface area contributed by atoms with E-state index in [2.05, 4.69) is 31.8 Å². The number of likely N-dealkylation sites (tertiary alicyclic amines) is 1. The molecule has 4 rings (SSSR count). The van der Waals surface area contributed by atoms with Gasteiger partial charge in [0.05, 0.1) is 14.2 Å². The van der Waals surface area contributed by atoms with Crippen LogP contribution >= 0.6 is 11.8 Å². The Bertz CT molecular complexity index is 955. The molecule has 0 radical (unpaired) electrons. The Morgan fingerprint density at radius 3 is 2.40 bits per heavy atom. The molecule has 2 heterocycles. The highest BCUT2D eigenvalue weighted by atomic mass is 32.2. The fraction of sp³-hybridized carbons (Fsp3) is 0.391. The molecule has 158 valence electrons. The molecule has 0 unspecified atom stereocenters. The monoisotopic (exact) mass is 424 g/mol. The van der Waals surface area contributed by atoms with Crippen molar-refractivity contribution in [2.24, 2.45) is 0 Å². The molecule has 0 N–H and O–H groups in total. The molecule has 6 nitrogen and oxygen atoms in total. The zero-order valence-electron chi connectivity index (χ0n) is 17.6. The predicted molar refractivity (Wildman–Crippen MR) is 121 cm³/mol. The molecule has 1 aliphatic heterocycles. The van der Waals surface area contributed by atoms with Crippen LogP contribution in [0.3, 0.4) is 0 Å². The molecule has 0 aliphatic carbocycles. The van der Waals surface area contributed by atoms with E-state index in [4.69, 9.17) is 9.47 Å². The van der Waals surface area contributed by atoms with E-state index in [1.165, 1.54) is 32.4 Å². The fourth-order valence-electron chi connectivity index (χ4n) is 3.78. The van der Waals surface area contributed by atoms with E-state index in [1.807, 2.05) is 36.4 Å². The van der Waals surface area contributed by atoms with Crippen LogP contribution in [0.4, 0.5) is 0 Å². The van der Waals surface area contributed by atoms with Crippen LogP contribution in [0.1, 0.15) is 19.3 Å². The summed E-state index contributed by atoms with van der Waals surface area (Å²) < 4.78 is 13.0. The maximum atomic E-state index is 5.49. The molecular formula is C23H28N4O2S. The van der Waals surface area contributed by atoms with Crippen molar-refractivity contribution < 1.29 is 9.47 Å². The Labute approximate surface area is 182 Å². The van der Waals surface area contributed by atoms with Crippen molar-refractivity contribution in [1.82, 2.24) is 19.7 Å². The molecule has 1 aromatic heterocycles. The van der Waals surface area contributed by atoms with Crippen molar-refractivity contribution in [3.8, 4) is 28.6 Å². The highest BCUT2D eigenvalue weighted by Crippen LogP contribution is 2.34. The first kappa shape index (κ1) is 20.8. The van der Waals surface area contributed by atoms with Gasteiger partial charge in [-0.25, -0.2) is 0 Å². The number of hydrogen-bond donors (Lipinski definition) is 0. The summed E-state index contributed by atoms with van der Waals surface area (Å²) >= 11 is 1.76. The third kappa shape index (κ3) is 4.63. The average Bonchev–Trinajstić information content (AvgIpc) is 3.23. The first-order chi connectivity index (χ1) is 14.8. The zero-order chi connectivity index (χ0) is 20.8. The lowest BCUT2D eigenvalue weighted by molar-refractivity contribution is 0.242. The Kier molecular flexibility index (Phi) is 6.92. The molecular weight excluding hydrogens is 396 g/mol. The minimum absolute atomic E-state index is 0.678. The molecule has 0 atom stereocenters. The summed E-state index contributed by atoms with van der Waals surface area (Å²) in [6, 6.07) is 16.1. The second-order valence-electron chi connectivity index (χ2n) is 7.30. The number of para-hydroxylation sites is 1. The molecule has 3 aromatic rings. The second-order valence-corrected chi connectivity index (χ2v) is 8.36. The van der Waals surface area contributed by atoms with Crippen molar-refractivity contribution in [2.75, 3.05) is 39.6 Å². The molecule has 1 aliphatic rings. The van der Waals surface area contributed by atoms with Crippen LogP contribution in [0.5, 0.6) is 11.5 Å². The fourth-order valence-corrected chi connectivity index (χ4v) is 4.74. The summed E-state index contributed by atoms with van der Waals surface area (Å²) in [5.74, 6) is 3.17. The summed E-state index contributed by atoms with van der Waals surface area (Å²) in [6.45, 7) is 3.50. The van der Waals surface area contributed by atoms with Crippen LogP contribution in [0.2, 0.25) is 0 Å². The van der Waals surface area contributed by atoms with Crippen LogP contribution in [0, 0.1) is 0 Å². The van der Waals surface area contributed by atoms with Gasteiger partial charge in [-0.3, -0.25) is 4.57 Å². The molecule has 1 fully saturated rings. The van der Waals surface area contributed by atoms with Gasteiger partial charge >= 0.3 is 0 Å². The minimum atomic E-state index is 0.678. The topological polar surface area (TPSA) is 52.4 Å². The Hall–Kier alpha value is -2.51. The molecule has 0 bridgehead atoms. The van der Waals surface area contributed by atoms with Crippen molar-refractivity contribution in [2.45, 2.75) is 24.4 Å². The van der Waals surface area contributed by atoms with Gasteiger partial charge in [0.2, 0.25) is 0 Å². The summed E-state index contributed by atoms with van der Waals surface area (Å²) in [7, 11) is 3.28. The first-order valence-electron chi connectivity index (χ1n) is 10.4. The Balaban J connectivity index is 1.62. The van der Waals surface area contributed by atoms with Crippen molar-refractivity contribution >= 4 is 11.8 Å². The standard InChI is InChI=1S/C23H28N4O2S/c1-28-20-12-11-18(17-21(20)29-2)22-24-25-23(27(22)19-9-5-3-6-10-19)30-16-15-26-13-7-4-8-14-26/h3,5-6,9-12,17H,4,7-8,13-16H2,1-2H3. The largest absolute Gasteiger partial charge is 0.493 e. The maximum Gasteiger partial charge on any atom is 0.196 e. The van der Waals surface area contributed by atoms with Crippen LogP contribution < -0.4 is 9.47 Å². The highest BCUT2D eigenvalue weighted by Gasteiger charge is 2.18. The third-order valence-corrected chi connectivity index (χ3v) is 6.29. The van der Waals surface area contributed by atoms with E-state index in [9.17, 15) is 0 Å². The SMILES string of the molecule is COc1ccc(-c2nnc(SCCN3CCCCC3)n2-c2ccccc2)cc1OC. The van der Waals surface area contributed by atoms with Gasteiger partial charge in [0.1, 0.15) is 0 Å². The molecule has 0 saturated carbocycles. The second kappa shape index (κ2) is 10.00. The number of thioether (sulfide) groups is 1. The van der Waals surface area contributed by atoms with Gasteiger partial charge in [0, 0.05) is 23.5 Å². The molecule has 0 spiro atoms. The number of rotatable bonds is 8. The van der Waals surface area contributed by atoms with E-state index < -0.39 is 0 Å². The number of piperidine rings is 1. The predicted octanol–water partition coefficient (Wildman–Crippen LogP) is 4.53. The number of ether oxygens (including phenoxy) is 2. The number of benzene rings is 2. The van der Waals surface area contributed by atoms with Crippen LogP contribution in [-0.4, -0.2) is 59.3 Å². The summed E-state index contributed by atoms with van der Waals surface area (Å²) in [4.78, 5) is 2.55. The Morgan fingerprint density at radius 1 is 0.900 bits per heavy atom. The number of aromatic nitrogens is 3. The van der Waals surface area contributed by atoms with Crippen molar-refractivity contribution in [3.05, 3.63) is 48.5 Å². The average molecular weight is 425 g/mol. The lowest BCUT2D eigenvalue weighted by Gasteiger charge is -2.25. The first-order valence-corrected chi connectivity index (χ1v) is 11.4. The van der Waals surface area contributed by atoms with Crippen molar-refractivity contribution in [1.29, 1.82) is 0 Å². The minimum Gasteiger partial charge on any atom is -0.493 e. The molecule has 7 heteroatoms. The van der Waals surface area contributed by atoms with Gasteiger partial charge in [-0.15, -0.1) is 10.2 Å². The zero-order valence-corrected chi connectivity index (χ0v) is 18.4. The molecule has 2 aromatic carbocycles. The quantitative estimate of drug-likeness (QED) is 0.495. The maximum absolute atomic E-state index is 5.49. The van der Waals surface area contributed by atoms with E-state index in [-0.39, 0.29) is 0 Å². The highest BCUT2D eigenvalue weighted by molar-refractivity contribution is 7.99. The van der Waals surface area contributed by atoms with E-state index in [0.29, 0.717) is 11.5 Å². The number of methoxy groups -OCH3 is 2. The lowest BCUT2D eigenvalue weighted by Crippen LogP contribution is -2.31.